The predicted octanol–water partition coefficient (Wildman–Crippen LogP) is 3.93. The first kappa shape index (κ1) is 14.3. The fraction of sp³-hybridized carbons (Fsp3) is 0.250. The van der Waals surface area contributed by atoms with Crippen molar-refractivity contribution in [3.05, 3.63) is 73.4 Å². The number of benzene rings is 1. The second-order valence-electron chi connectivity index (χ2n) is 4.22. The standard InChI is InChI=1S/C16H19.Sn/c1-4-9-14(10-5-2)16-13-8-7-12-15(16)11-6-3;/h4-8,12-13H,1-3,9-11H2;. The molecule has 0 unspecified atom stereocenters. The van der Waals surface area contributed by atoms with Gasteiger partial charge in [0.25, 0.3) is 0 Å². The van der Waals surface area contributed by atoms with Crippen LogP contribution in [0.5, 0.6) is 0 Å². The van der Waals surface area contributed by atoms with Crippen LogP contribution >= 0.6 is 0 Å². The molecule has 1 aromatic carbocycles. The monoisotopic (exact) mass is 331 g/mol. The van der Waals surface area contributed by atoms with Gasteiger partial charge in [-0.2, -0.15) is 0 Å². The van der Waals surface area contributed by atoms with Gasteiger partial charge in [0.05, 0.1) is 0 Å². The SMILES string of the molecule is C=CCc1ccccc1[C]([Sn])(CC=C)CC=C. The molecule has 1 rings (SSSR count). The number of rotatable bonds is 7. The van der Waals surface area contributed by atoms with Crippen molar-refractivity contribution < 1.29 is 0 Å². The zero-order chi connectivity index (χ0) is 12.7. The van der Waals surface area contributed by atoms with Gasteiger partial charge in [-0.05, 0) is 0 Å². The molecule has 0 spiro atoms. The van der Waals surface area contributed by atoms with E-state index in [4.69, 9.17) is 0 Å². The Bertz CT molecular complexity index is 394. The van der Waals surface area contributed by atoms with Gasteiger partial charge in [-0.25, -0.2) is 0 Å². The van der Waals surface area contributed by atoms with E-state index in [-0.39, 0.29) is 3.43 Å². The van der Waals surface area contributed by atoms with Crippen molar-refractivity contribution in [2.45, 2.75) is 22.7 Å². The molecule has 0 aliphatic heterocycles. The summed E-state index contributed by atoms with van der Waals surface area (Å²) in [5.41, 5.74) is 2.81. The van der Waals surface area contributed by atoms with Gasteiger partial charge in [0.2, 0.25) is 0 Å². The van der Waals surface area contributed by atoms with Gasteiger partial charge in [-0.15, -0.1) is 0 Å². The molecule has 0 aliphatic carbocycles. The van der Waals surface area contributed by atoms with Gasteiger partial charge < -0.3 is 0 Å². The third kappa shape index (κ3) is 3.60. The molecule has 17 heavy (non-hydrogen) atoms. The summed E-state index contributed by atoms with van der Waals surface area (Å²) in [5.74, 6) is 0. The van der Waals surface area contributed by atoms with E-state index in [1.165, 1.54) is 33.7 Å². The second kappa shape index (κ2) is 6.85. The topological polar surface area (TPSA) is 0 Å². The molecule has 0 saturated heterocycles. The zero-order valence-electron chi connectivity index (χ0n) is 10.3. The summed E-state index contributed by atoms with van der Waals surface area (Å²) in [5, 5.41) is 0. The second-order valence-corrected chi connectivity index (χ2v) is 6.95. The van der Waals surface area contributed by atoms with Crippen molar-refractivity contribution in [2.24, 2.45) is 0 Å². The Labute approximate surface area is 118 Å². The van der Waals surface area contributed by atoms with E-state index in [0.29, 0.717) is 0 Å². The third-order valence-electron chi connectivity index (χ3n) is 2.88. The zero-order valence-corrected chi connectivity index (χ0v) is 13.1. The summed E-state index contributed by atoms with van der Waals surface area (Å²) < 4.78 is 0.190. The molecule has 0 aliphatic rings. The molecule has 0 aromatic heterocycles. The van der Waals surface area contributed by atoms with E-state index in [9.17, 15) is 0 Å². The number of hydrogen-bond acceptors (Lipinski definition) is 0. The first-order valence-electron chi connectivity index (χ1n) is 5.84. The maximum absolute atomic E-state index is 3.89. The van der Waals surface area contributed by atoms with E-state index in [0.717, 1.165) is 19.3 Å². The van der Waals surface area contributed by atoms with Crippen molar-refractivity contribution >= 4 is 22.5 Å². The van der Waals surface area contributed by atoms with Crippen LogP contribution in [0.25, 0.3) is 0 Å². The fourth-order valence-corrected chi connectivity index (χ4v) is 3.64. The molecule has 0 bridgehead atoms. The van der Waals surface area contributed by atoms with Crippen molar-refractivity contribution in [1.82, 2.24) is 0 Å². The summed E-state index contributed by atoms with van der Waals surface area (Å²) in [7, 11) is 0. The minimum atomic E-state index is 0.190. The van der Waals surface area contributed by atoms with Gasteiger partial charge in [0.1, 0.15) is 0 Å². The molecular weight excluding hydrogens is 311 g/mol. The molecule has 1 aromatic rings. The van der Waals surface area contributed by atoms with Crippen LogP contribution in [0, 0.1) is 0 Å². The first-order chi connectivity index (χ1) is 8.18. The Morgan fingerprint density at radius 2 is 1.59 bits per heavy atom. The van der Waals surface area contributed by atoms with Crippen LogP contribution in [-0.2, 0) is 9.85 Å². The third-order valence-corrected chi connectivity index (χ3v) is 4.82. The summed E-state index contributed by atoms with van der Waals surface area (Å²) >= 11 is 1.52. The molecule has 0 fully saturated rings. The molecule has 0 heterocycles. The summed E-state index contributed by atoms with van der Waals surface area (Å²) in [6, 6.07) is 8.65. The van der Waals surface area contributed by atoms with E-state index in [1.807, 2.05) is 18.2 Å². The van der Waals surface area contributed by atoms with Crippen LogP contribution in [0.2, 0.25) is 0 Å². The quantitative estimate of drug-likeness (QED) is 0.525. The number of allylic oxidation sites excluding steroid dienone is 3. The van der Waals surface area contributed by atoms with E-state index >= 15 is 0 Å². The van der Waals surface area contributed by atoms with Gasteiger partial charge in [-0.1, -0.05) is 0 Å². The van der Waals surface area contributed by atoms with Crippen molar-refractivity contribution in [1.29, 1.82) is 0 Å². The van der Waals surface area contributed by atoms with Gasteiger partial charge >= 0.3 is 119 Å². The summed E-state index contributed by atoms with van der Waals surface area (Å²) in [4.78, 5) is 0. The molecule has 0 N–H and O–H groups in total. The average Bonchev–Trinajstić information content (AvgIpc) is 2.31. The van der Waals surface area contributed by atoms with E-state index in [2.05, 4.69) is 44.0 Å². The molecule has 0 amide bonds. The maximum atomic E-state index is 3.89. The Morgan fingerprint density at radius 3 is 2.12 bits per heavy atom. The van der Waals surface area contributed by atoms with Crippen LogP contribution in [0.3, 0.4) is 0 Å². The van der Waals surface area contributed by atoms with Crippen molar-refractivity contribution in [2.75, 3.05) is 0 Å². The predicted molar refractivity (Wildman–Crippen MR) is 77.4 cm³/mol. The van der Waals surface area contributed by atoms with Gasteiger partial charge in [0.15, 0.2) is 0 Å². The summed E-state index contributed by atoms with van der Waals surface area (Å²) in [6.45, 7) is 11.6. The summed E-state index contributed by atoms with van der Waals surface area (Å²) in [6.07, 6.45) is 8.94. The van der Waals surface area contributed by atoms with Gasteiger partial charge in [0, 0.05) is 0 Å². The normalized spacial score (nSPS) is 10.9. The van der Waals surface area contributed by atoms with Gasteiger partial charge in [-0.3, -0.25) is 0 Å². The average molecular weight is 330 g/mol. The molecule has 0 nitrogen and oxygen atoms in total. The Balaban J connectivity index is 3.20. The molecule has 87 valence electrons. The molecular formula is C16H19Sn. The Morgan fingerprint density at radius 1 is 1.00 bits per heavy atom. The Kier molecular flexibility index (Phi) is 5.76. The molecule has 0 atom stereocenters. The van der Waals surface area contributed by atoms with E-state index in [1.54, 1.807) is 0 Å². The minimum absolute atomic E-state index is 0.190. The van der Waals surface area contributed by atoms with Crippen LogP contribution in [-0.4, -0.2) is 22.5 Å². The van der Waals surface area contributed by atoms with Crippen molar-refractivity contribution in [3.8, 4) is 0 Å². The van der Waals surface area contributed by atoms with Crippen LogP contribution < -0.4 is 0 Å². The first-order valence-corrected chi connectivity index (χ1v) is 7.26. The van der Waals surface area contributed by atoms with Crippen LogP contribution in [0.4, 0.5) is 0 Å². The Hall–Kier alpha value is -0.761. The number of hydrogen-bond donors (Lipinski definition) is 0. The molecule has 0 saturated carbocycles. The van der Waals surface area contributed by atoms with E-state index < -0.39 is 0 Å². The van der Waals surface area contributed by atoms with Crippen LogP contribution in [0.15, 0.2) is 62.2 Å². The molecule has 3 radical (unpaired) electrons. The fourth-order valence-electron chi connectivity index (χ4n) is 2.12. The molecule has 1 heteroatoms. The van der Waals surface area contributed by atoms with Crippen LogP contribution in [0.1, 0.15) is 24.0 Å². The van der Waals surface area contributed by atoms with Crippen molar-refractivity contribution in [3.63, 3.8) is 0 Å².